The maximum Gasteiger partial charge on any atom is 0.407 e. The van der Waals surface area contributed by atoms with Crippen molar-refractivity contribution in [2.24, 2.45) is 0 Å². The zero-order valence-electron chi connectivity index (χ0n) is 12.7. The van der Waals surface area contributed by atoms with Crippen LogP contribution in [0.4, 0.5) is 4.79 Å². The van der Waals surface area contributed by atoms with E-state index < -0.39 is 54.6 Å². The molecule has 0 spiro atoms. The fraction of sp³-hybridized carbons (Fsp3) is 0.846. The topological polar surface area (TPSA) is 146 Å². The molecule has 0 bridgehead atoms. The first-order valence-electron chi connectivity index (χ1n) is 6.89. The van der Waals surface area contributed by atoms with E-state index >= 15 is 0 Å². The number of alkyl carbamates (subject to hydrolysis) is 1. The van der Waals surface area contributed by atoms with Crippen LogP contribution in [0.25, 0.3) is 0 Å². The summed E-state index contributed by atoms with van der Waals surface area (Å²) in [6.07, 6.45) is -8.06. The number of aliphatic hydroxyl groups excluding tert-OH is 3. The third-order valence-electron chi connectivity index (χ3n) is 3.03. The SMILES string of the molecule is CC(C)(C)OC(=O)NC[C@H]1O[C@@H](CC(=O)O)[C@H](O)[C@@H](O)[C@@H]1O. The Balaban J connectivity index is 2.61. The smallest absolute Gasteiger partial charge is 0.407 e. The van der Waals surface area contributed by atoms with E-state index in [2.05, 4.69) is 5.32 Å². The van der Waals surface area contributed by atoms with Crippen LogP contribution in [0.5, 0.6) is 0 Å². The number of aliphatic hydroxyl groups is 3. The molecule has 1 aliphatic rings. The fourth-order valence-electron chi connectivity index (χ4n) is 2.04. The lowest BCUT2D eigenvalue weighted by molar-refractivity contribution is -0.222. The Kier molecular flexibility index (Phi) is 6.12. The molecular weight excluding hydrogens is 298 g/mol. The lowest BCUT2D eigenvalue weighted by atomic mass is 9.93. The highest BCUT2D eigenvalue weighted by Crippen LogP contribution is 2.23. The predicted octanol–water partition coefficient (Wildman–Crippen LogP) is -1.16. The average Bonchev–Trinajstić information content (AvgIpc) is 2.35. The number of nitrogens with one attached hydrogen (secondary N) is 1. The van der Waals surface area contributed by atoms with E-state index in [1.54, 1.807) is 20.8 Å². The molecule has 128 valence electrons. The molecule has 0 aromatic rings. The van der Waals surface area contributed by atoms with Crippen molar-refractivity contribution in [2.45, 2.75) is 63.3 Å². The van der Waals surface area contributed by atoms with Crippen molar-refractivity contribution in [3.05, 3.63) is 0 Å². The molecule has 1 heterocycles. The number of hydrogen-bond acceptors (Lipinski definition) is 7. The van der Waals surface area contributed by atoms with Crippen molar-refractivity contribution >= 4 is 12.1 Å². The van der Waals surface area contributed by atoms with Crippen molar-refractivity contribution in [1.82, 2.24) is 5.32 Å². The van der Waals surface area contributed by atoms with Crippen LogP contribution in [-0.4, -0.2) is 75.2 Å². The zero-order valence-corrected chi connectivity index (χ0v) is 12.7. The van der Waals surface area contributed by atoms with E-state index in [1.807, 2.05) is 0 Å². The summed E-state index contributed by atoms with van der Waals surface area (Å²) in [5.74, 6) is -1.22. The van der Waals surface area contributed by atoms with Crippen LogP contribution in [-0.2, 0) is 14.3 Å². The molecule has 1 aliphatic heterocycles. The Morgan fingerprint density at radius 2 is 1.64 bits per heavy atom. The van der Waals surface area contributed by atoms with Crippen LogP contribution >= 0.6 is 0 Å². The predicted molar refractivity (Wildman–Crippen MR) is 73.2 cm³/mol. The average molecular weight is 321 g/mol. The lowest BCUT2D eigenvalue weighted by Crippen LogP contribution is -2.60. The van der Waals surface area contributed by atoms with Crippen LogP contribution in [0.15, 0.2) is 0 Å². The third kappa shape index (κ3) is 5.41. The molecule has 0 radical (unpaired) electrons. The third-order valence-corrected chi connectivity index (χ3v) is 3.03. The van der Waals surface area contributed by atoms with Gasteiger partial charge >= 0.3 is 12.1 Å². The van der Waals surface area contributed by atoms with Crippen LogP contribution in [0.3, 0.4) is 0 Å². The van der Waals surface area contributed by atoms with E-state index in [9.17, 15) is 24.9 Å². The maximum absolute atomic E-state index is 11.5. The summed E-state index contributed by atoms with van der Waals surface area (Å²) in [6.45, 7) is 4.85. The molecule has 0 aliphatic carbocycles. The van der Waals surface area contributed by atoms with Gasteiger partial charge in [0.1, 0.15) is 30.0 Å². The summed E-state index contributed by atoms with van der Waals surface area (Å²) in [7, 11) is 0. The second kappa shape index (κ2) is 7.23. The summed E-state index contributed by atoms with van der Waals surface area (Å²) >= 11 is 0. The number of carboxylic acid groups (broad SMARTS) is 1. The zero-order chi connectivity index (χ0) is 17.1. The largest absolute Gasteiger partial charge is 0.481 e. The first-order chi connectivity index (χ1) is 10.0. The molecule has 22 heavy (non-hydrogen) atoms. The molecule has 5 N–H and O–H groups in total. The highest BCUT2D eigenvalue weighted by Gasteiger charge is 2.44. The molecule has 0 saturated carbocycles. The van der Waals surface area contributed by atoms with Crippen molar-refractivity contribution in [3.8, 4) is 0 Å². The second-order valence-corrected chi connectivity index (χ2v) is 6.17. The fourth-order valence-corrected chi connectivity index (χ4v) is 2.04. The molecular formula is C13H23NO8. The summed E-state index contributed by atoms with van der Waals surface area (Å²) in [6, 6.07) is 0. The van der Waals surface area contributed by atoms with Crippen LogP contribution in [0.1, 0.15) is 27.2 Å². The van der Waals surface area contributed by atoms with Gasteiger partial charge in [0.15, 0.2) is 0 Å². The van der Waals surface area contributed by atoms with Gasteiger partial charge < -0.3 is 35.2 Å². The number of aliphatic carboxylic acids is 1. The van der Waals surface area contributed by atoms with Gasteiger partial charge in [-0.15, -0.1) is 0 Å². The normalized spacial score (nSPS) is 32.4. The highest BCUT2D eigenvalue weighted by molar-refractivity contribution is 5.68. The van der Waals surface area contributed by atoms with Crippen LogP contribution < -0.4 is 5.32 Å². The van der Waals surface area contributed by atoms with E-state index in [1.165, 1.54) is 0 Å². The minimum absolute atomic E-state index is 0.198. The maximum atomic E-state index is 11.5. The number of ether oxygens (including phenoxy) is 2. The molecule has 1 rings (SSSR count). The van der Waals surface area contributed by atoms with Gasteiger partial charge in [0, 0.05) is 6.54 Å². The van der Waals surface area contributed by atoms with E-state index in [-0.39, 0.29) is 6.54 Å². The van der Waals surface area contributed by atoms with Crippen molar-refractivity contribution < 1.29 is 39.5 Å². The summed E-state index contributed by atoms with van der Waals surface area (Å²) in [5.41, 5.74) is -0.697. The number of carbonyl (C=O) groups is 2. The molecule has 0 aromatic carbocycles. The Morgan fingerprint density at radius 1 is 1.09 bits per heavy atom. The van der Waals surface area contributed by atoms with E-state index in [0.717, 1.165) is 0 Å². The van der Waals surface area contributed by atoms with Crippen molar-refractivity contribution in [1.29, 1.82) is 0 Å². The summed E-state index contributed by atoms with van der Waals surface area (Å²) in [5, 5.41) is 40.4. The van der Waals surface area contributed by atoms with Gasteiger partial charge in [0.25, 0.3) is 0 Å². The number of hydrogen-bond donors (Lipinski definition) is 5. The Bertz CT molecular complexity index is 407. The quantitative estimate of drug-likeness (QED) is 0.436. The van der Waals surface area contributed by atoms with Crippen LogP contribution in [0.2, 0.25) is 0 Å². The van der Waals surface area contributed by atoms with Gasteiger partial charge in [-0.05, 0) is 20.8 Å². The number of carboxylic acids is 1. The summed E-state index contributed by atoms with van der Waals surface area (Å²) in [4.78, 5) is 22.2. The van der Waals surface area contributed by atoms with Gasteiger partial charge in [-0.3, -0.25) is 4.79 Å². The Hall–Kier alpha value is -1.42. The van der Waals surface area contributed by atoms with Gasteiger partial charge in [-0.1, -0.05) is 0 Å². The molecule has 9 nitrogen and oxygen atoms in total. The Morgan fingerprint density at radius 3 is 2.14 bits per heavy atom. The molecule has 0 aromatic heterocycles. The minimum Gasteiger partial charge on any atom is -0.481 e. The van der Waals surface area contributed by atoms with Crippen molar-refractivity contribution in [2.75, 3.05) is 6.54 Å². The molecule has 1 saturated heterocycles. The number of rotatable bonds is 4. The molecule has 9 heteroatoms. The Labute approximate surface area is 127 Å². The first-order valence-corrected chi connectivity index (χ1v) is 6.89. The monoisotopic (exact) mass is 321 g/mol. The van der Waals surface area contributed by atoms with Gasteiger partial charge in [-0.25, -0.2) is 4.79 Å². The second-order valence-electron chi connectivity index (χ2n) is 6.17. The first kappa shape index (κ1) is 18.6. The minimum atomic E-state index is -1.57. The number of carbonyl (C=O) groups excluding carboxylic acids is 1. The lowest BCUT2D eigenvalue weighted by Gasteiger charge is -2.40. The standard InChI is InChI=1S/C13H23NO8/c1-13(2,3)22-12(20)14-5-7-10(18)11(19)9(17)6(21-7)4-8(15)16/h6-7,9-11,17-19H,4-5H2,1-3H3,(H,14,20)(H,15,16)/t6-,7+,9-,10+,11+/m0/s1. The van der Waals surface area contributed by atoms with Crippen molar-refractivity contribution in [3.63, 3.8) is 0 Å². The molecule has 5 atom stereocenters. The summed E-state index contributed by atoms with van der Waals surface area (Å²) < 4.78 is 10.3. The number of amides is 1. The van der Waals surface area contributed by atoms with E-state index in [4.69, 9.17) is 14.6 Å². The van der Waals surface area contributed by atoms with Crippen LogP contribution in [0, 0.1) is 0 Å². The van der Waals surface area contributed by atoms with Gasteiger partial charge in [0.2, 0.25) is 0 Å². The van der Waals surface area contributed by atoms with E-state index in [0.29, 0.717) is 0 Å². The highest BCUT2D eigenvalue weighted by atomic mass is 16.6. The molecule has 1 amide bonds. The molecule has 1 fully saturated rings. The van der Waals surface area contributed by atoms with Gasteiger partial charge in [0.05, 0.1) is 12.5 Å². The molecule has 0 unspecified atom stereocenters. The van der Waals surface area contributed by atoms with Gasteiger partial charge in [-0.2, -0.15) is 0 Å².